The summed E-state index contributed by atoms with van der Waals surface area (Å²) < 4.78 is 51.8. The number of thioether (sulfide) groups is 1. The molecule has 1 saturated heterocycles. The van der Waals surface area contributed by atoms with Crippen LogP contribution >= 0.6 is 24.0 Å². The van der Waals surface area contributed by atoms with E-state index in [1.165, 1.54) is 4.90 Å². The molecule has 1 amide bonds. The summed E-state index contributed by atoms with van der Waals surface area (Å²) in [5, 5.41) is 8.60. The van der Waals surface area contributed by atoms with Gasteiger partial charge in [-0.25, -0.2) is 4.39 Å². The van der Waals surface area contributed by atoms with Crippen molar-refractivity contribution in [2.24, 2.45) is 0 Å². The summed E-state index contributed by atoms with van der Waals surface area (Å²) in [6.07, 6.45) is -3.53. The maximum Gasteiger partial charge on any atom is 0.416 e. The minimum atomic E-state index is -4.71. The maximum absolute atomic E-state index is 13.4. The van der Waals surface area contributed by atoms with E-state index >= 15 is 0 Å². The second-order valence-corrected chi connectivity index (χ2v) is 6.78. The van der Waals surface area contributed by atoms with Crippen molar-refractivity contribution in [3.05, 3.63) is 40.0 Å². The Morgan fingerprint density at radius 3 is 2.60 bits per heavy atom. The summed E-state index contributed by atoms with van der Waals surface area (Å²) in [6.45, 7) is 0.0886. The van der Waals surface area contributed by atoms with Gasteiger partial charge in [-0.1, -0.05) is 24.0 Å². The highest BCUT2D eigenvalue weighted by Gasteiger charge is 2.33. The minimum absolute atomic E-state index is 0.0547. The van der Waals surface area contributed by atoms with Gasteiger partial charge in [-0.15, -0.1) is 0 Å². The zero-order chi connectivity index (χ0) is 18.8. The number of hydrogen-bond donors (Lipinski definition) is 1. The van der Waals surface area contributed by atoms with Gasteiger partial charge in [-0.2, -0.15) is 13.2 Å². The van der Waals surface area contributed by atoms with E-state index in [0.717, 1.165) is 30.0 Å². The van der Waals surface area contributed by atoms with Crippen LogP contribution < -0.4 is 0 Å². The largest absolute Gasteiger partial charge is 0.481 e. The maximum atomic E-state index is 13.4. The number of carbonyl (C=O) groups is 2. The molecule has 0 radical (unpaired) electrons. The van der Waals surface area contributed by atoms with Crippen LogP contribution in [0.1, 0.15) is 24.0 Å². The number of alkyl halides is 3. The number of carboxylic acids is 1. The van der Waals surface area contributed by atoms with Crippen LogP contribution in [0, 0.1) is 5.82 Å². The van der Waals surface area contributed by atoms with Crippen molar-refractivity contribution in [2.45, 2.75) is 19.0 Å². The molecular weight excluding hydrogens is 382 g/mol. The lowest BCUT2D eigenvalue weighted by Gasteiger charge is -2.13. The molecule has 0 unspecified atom stereocenters. The van der Waals surface area contributed by atoms with E-state index < -0.39 is 29.4 Å². The number of nitrogens with zero attached hydrogens (tertiary/aromatic N) is 1. The summed E-state index contributed by atoms with van der Waals surface area (Å²) in [7, 11) is 0. The topological polar surface area (TPSA) is 57.6 Å². The molecule has 0 saturated carbocycles. The first-order valence-electron chi connectivity index (χ1n) is 6.93. The first-order valence-corrected chi connectivity index (χ1v) is 8.15. The fraction of sp³-hybridized carbons (Fsp3) is 0.267. The number of aliphatic carboxylic acids is 1. The highest BCUT2D eigenvalue weighted by Crippen LogP contribution is 2.35. The molecule has 134 valence electrons. The van der Waals surface area contributed by atoms with Crippen molar-refractivity contribution >= 4 is 46.3 Å². The molecule has 0 atom stereocenters. The second kappa shape index (κ2) is 7.52. The Labute approximate surface area is 149 Å². The molecule has 1 aliphatic rings. The lowest BCUT2D eigenvalue weighted by Crippen LogP contribution is -2.29. The molecule has 0 aliphatic carbocycles. The number of halogens is 4. The standard InChI is InChI=1S/C15H11F4NO3S2/c16-10-5-8(4-9(7-10)15(17,18)19)6-11-13(23)20(14(24)25-11)3-1-2-12(21)22/h4-7H,1-3H2,(H,21,22)/b11-6-. The van der Waals surface area contributed by atoms with Crippen LogP contribution in [0.4, 0.5) is 17.6 Å². The number of thiocarbonyl (C=S) groups is 1. The van der Waals surface area contributed by atoms with E-state index in [1.54, 1.807) is 0 Å². The van der Waals surface area contributed by atoms with Gasteiger partial charge in [-0.3, -0.25) is 14.5 Å². The Morgan fingerprint density at radius 1 is 1.32 bits per heavy atom. The van der Waals surface area contributed by atoms with E-state index in [1.807, 2.05) is 0 Å². The molecule has 1 aromatic carbocycles. The molecule has 10 heteroatoms. The third kappa shape index (κ3) is 5.02. The minimum Gasteiger partial charge on any atom is -0.481 e. The summed E-state index contributed by atoms with van der Waals surface area (Å²) in [5.41, 5.74) is -1.27. The van der Waals surface area contributed by atoms with E-state index in [9.17, 15) is 27.2 Å². The fourth-order valence-electron chi connectivity index (χ4n) is 2.09. The van der Waals surface area contributed by atoms with Gasteiger partial charge in [0.1, 0.15) is 10.1 Å². The van der Waals surface area contributed by atoms with Crippen molar-refractivity contribution in [1.82, 2.24) is 4.90 Å². The first-order chi connectivity index (χ1) is 11.6. The van der Waals surface area contributed by atoms with Crippen LogP contribution in [0.25, 0.3) is 6.08 Å². The average molecular weight is 393 g/mol. The highest BCUT2D eigenvalue weighted by molar-refractivity contribution is 8.26. The Balaban J connectivity index is 2.22. The number of carbonyl (C=O) groups excluding carboxylic acids is 1. The summed E-state index contributed by atoms with van der Waals surface area (Å²) >= 11 is 5.90. The van der Waals surface area contributed by atoms with Crippen molar-refractivity contribution in [3.8, 4) is 0 Å². The number of carboxylic acid groups (broad SMARTS) is 1. The van der Waals surface area contributed by atoms with E-state index in [2.05, 4.69) is 0 Å². The third-order valence-electron chi connectivity index (χ3n) is 3.19. The predicted molar refractivity (Wildman–Crippen MR) is 88.2 cm³/mol. The molecule has 0 spiro atoms. The summed E-state index contributed by atoms with van der Waals surface area (Å²) in [6, 6.07) is 1.99. The Hall–Kier alpha value is -1.94. The Kier molecular flexibility index (Phi) is 5.83. The van der Waals surface area contributed by atoms with Gasteiger partial charge in [0.25, 0.3) is 5.91 Å². The van der Waals surface area contributed by atoms with E-state index in [0.29, 0.717) is 6.07 Å². The van der Waals surface area contributed by atoms with E-state index in [-0.39, 0.29) is 34.2 Å². The normalized spacial score (nSPS) is 16.8. The molecule has 1 N–H and O–H groups in total. The quantitative estimate of drug-likeness (QED) is 0.467. The first kappa shape index (κ1) is 19.4. The van der Waals surface area contributed by atoms with Gasteiger partial charge in [0.05, 0.1) is 10.5 Å². The molecule has 1 heterocycles. The lowest BCUT2D eigenvalue weighted by atomic mass is 10.1. The lowest BCUT2D eigenvalue weighted by molar-refractivity contribution is -0.138. The van der Waals surface area contributed by atoms with Gasteiger partial charge in [0.2, 0.25) is 0 Å². The monoisotopic (exact) mass is 393 g/mol. The Morgan fingerprint density at radius 2 is 2.00 bits per heavy atom. The van der Waals surface area contributed by atoms with Crippen molar-refractivity contribution in [1.29, 1.82) is 0 Å². The molecule has 0 bridgehead atoms. The van der Waals surface area contributed by atoms with Crippen LogP contribution in [0.5, 0.6) is 0 Å². The zero-order valence-corrected chi connectivity index (χ0v) is 14.1. The fourth-order valence-corrected chi connectivity index (χ4v) is 3.40. The molecule has 1 aromatic rings. The number of benzene rings is 1. The molecule has 1 aliphatic heterocycles. The average Bonchev–Trinajstić information content (AvgIpc) is 2.73. The zero-order valence-electron chi connectivity index (χ0n) is 12.5. The van der Waals surface area contributed by atoms with Crippen molar-refractivity contribution in [3.63, 3.8) is 0 Å². The Bertz CT molecular complexity index is 762. The van der Waals surface area contributed by atoms with Crippen LogP contribution in [0.3, 0.4) is 0 Å². The van der Waals surface area contributed by atoms with Gasteiger partial charge < -0.3 is 5.11 Å². The van der Waals surface area contributed by atoms with Crippen LogP contribution in [-0.4, -0.2) is 32.7 Å². The number of rotatable bonds is 5. The SMILES string of the molecule is O=C(O)CCCN1C(=O)/C(=C/c2cc(F)cc(C(F)(F)F)c2)SC1=S. The van der Waals surface area contributed by atoms with Gasteiger partial charge in [0.15, 0.2) is 0 Å². The van der Waals surface area contributed by atoms with E-state index in [4.69, 9.17) is 17.3 Å². The molecule has 1 fully saturated rings. The molecule has 2 rings (SSSR count). The number of hydrogen-bond acceptors (Lipinski definition) is 4. The molecule has 0 aromatic heterocycles. The van der Waals surface area contributed by atoms with Crippen LogP contribution in [-0.2, 0) is 15.8 Å². The van der Waals surface area contributed by atoms with Crippen LogP contribution in [0.2, 0.25) is 0 Å². The van der Waals surface area contributed by atoms with Gasteiger partial charge in [-0.05, 0) is 36.3 Å². The second-order valence-electron chi connectivity index (χ2n) is 5.10. The summed E-state index contributed by atoms with van der Waals surface area (Å²) in [5.74, 6) is -2.63. The summed E-state index contributed by atoms with van der Waals surface area (Å²) in [4.78, 5) is 24.0. The smallest absolute Gasteiger partial charge is 0.416 e. The van der Waals surface area contributed by atoms with Gasteiger partial charge >= 0.3 is 12.1 Å². The molecule has 25 heavy (non-hydrogen) atoms. The predicted octanol–water partition coefficient (Wildman–Crippen LogP) is 3.91. The number of amides is 1. The van der Waals surface area contributed by atoms with Crippen LogP contribution in [0.15, 0.2) is 23.1 Å². The molecule has 4 nitrogen and oxygen atoms in total. The third-order valence-corrected chi connectivity index (χ3v) is 4.57. The van der Waals surface area contributed by atoms with Crippen molar-refractivity contribution < 1.29 is 32.3 Å². The van der Waals surface area contributed by atoms with Gasteiger partial charge in [0, 0.05) is 13.0 Å². The van der Waals surface area contributed by atoms with Crippen molar-refractivity contribution in [2.75, 3.05) is 6.54 Å². The highest BCUT2D eigenvalue weighted by atomic mass is 32.2. The molecular formula is C15H11F4NO3S2.